The Morgan fingerprint density at radius 3 is 2.72 bits per heavy atom. The van der Waals surface area contributed by atoms with Crippen molar-refractivity contribution in [1.82, 2.24) is 10.6 Å². The van der Waals surface area contributed by atoms with E-state index in [-0.39, 0.29) is 18.1 Å². The minimum absolute atomic E-state index is 0.0294. The molecule has 0 amide bonds. The molecule has 1 fully saturated rings. The number of rotatable bonds is 2. The first-order valence-corrected chi connectivity index (χ1v) is 5.93. The highest BCUT2D eigenvalue weighted by Crippen LogP contribution is 2.18. The van der Waals surface area contributed by atoms with Gasteiger partial charge in [0.25, 0.3) is 0 Å². The second-order valence-electron chi connectivity index (χ2n) is 4.48. The fourth-order valence-electron chi connectivity index (χ4n) is 2.20. The largest absolute Gasteiger partial charge is 0.379 e. The normalized spacial score (nSPS) is 30.8. The summed E-state index contributed by atoms with van der Waals surface area (Å²) in [6.45, 7) is 0. The molecule has 0 radical (unpaired) electrons. The third kappa shape index (κ3) is 2.16. The standard InChI is InChI=1S/C12H14FN3O2/c13-8-3-1-7(2-4-8)11-15-12(18-16-11)9-5-6-10(17)14-9/h1-4,9-10,12,14,17H,5-6H2,(H,15,16)/t9?,10-,12?/m0/s1. The van der Waals surface area contributed by atoms with Gasteiger partial charge in [0.15, 0.2) is 5.84 Å². The van der Waals surface area contributed by atoms with Crippen molar-refractivity contribution in [2.45, 2.75) is 31.3 Å². The van der Waals surface area contributed by atoms with Gasteiger partial charge in [0.2, 0.25) is 6.23 Å². The van der Waals surface area contributed by atoms with Gasteiger partial charge in [-0.15, -0.1) is 0 Å². The van der Waals surface area contributed by atoms with Crippen molar-refractivity contribution in [2.75, 3.05) is 0 Å². The van der Waals surface area contributed by atoms with Crippen LogP contribution in [0.5, 0.6) is 0 Å². The SMILES string of the molecule is O[C@H]1CCC(C2NC(c3ccc(F)cc3)=NO2)N1. The lowest BCUT2D eigenvalue weighted by atomic mass is 10.1. The molecule has 0 spiro atoms. The Bertz CT molecular complexity index is 463. The van der Waals surface area contributed by atoms with Crippen molar-refractivity contribution < 1.29 is 14.3 Å². The van der Waals surface area contributed by atoms with Gasteiger partial charge in [-0.05, 0) is 37.1 Å². The molecule has 1 saturated heterocycles. The monoisotopic (exact) mass is 251 g/mol. The number of benzene rings is 1. The summed E-state index contributed by atoms with van der Waals surface area (Å²) in [5, 5.41) is 19.5. The maximum Gasteiger partial charge on any atom is 0.214 e. The average molecular weight is 251 g/mol. The molecule has 2 unspecified atom stereocenters. The van der Waals surface area contributed by atoms with E-state index in [2.05, 4.69) is 15.8 Å². The van der Waals surface area contributed by atoms with E-state index in [1.54, 1.807) is 12.1 Å². The smallest absolute Gasteiger partial charge is 0.214 e. The summed E-state index contributed by atoms with van der Waals surface area (Å²) in [5.41, 5.74) is 0.775. The first-order chi connectivity index (χ1) is 8.72. The highest BCUT2D eigenvalue weighted by Gasteiger charge is 2.34. The van der Waals surface area contributed by atoms with Gasteiger partial charge in [-0.1, -0.05) is 5.16 Å². The summed E-state index contributed by atoms with van der Waals surface area (Å²) in [6.07, 6.45) is 0.765. The molecule has 96 valence electrons. The third-order valence-corrected chi connectivity index (χ3v) is 3.18. The second-order valence-corrected chi connectivity index (χ2v) is 4.48. The number of hydrogen-bond donors (Lipinski definition) is 3. The molecule has 2 heterocycles. The highest BCUT2D eigenvalue weighted by atomic mass is 19.1. The number of aliphatic hydroxyl groups is 1. The van der Waals surface area contributed by atoms with Crippen molar-refractivity contribution in [2.24, 2.45) is 5.16 Å². The van der Waals surface area contributed by atoms with Gasteiger partial charge in [-0.2, -0.15) is 0 Å². The molecule has 1 aromatic rings. The molecule has 0 aromatic heterocycles. The molecular weight excluding hydrogens is 237 g/mol. The lowest BCUT2D eigenvalue weighted by Gasteiger charge is -2.17. The highest BCUT2D eigenvalue weighted by molar-refractivity contribution is 5.99. The van der Waals surface area contributed by atoms with Crippen LogP contribution in [0.3, 0.4) is 0 Å². The van der Waals surface area contributed by atoms with Gasteiger partial charge in [0, 0.05) is 5.56 Å². The van der Waals surface area contributed by atoms with Crippen LogP contribution in [0.15, 0.2) is 29.4 Å². The van der Waals surface area contributed by atoms with Crippen molar-refractivity contribution >= 4 is 5.84 Å². The fraction of sp³-hybridized carbons (Fsp3) is 0.417. The summed E-state index contributed by atoms with van der Waals surface area (Å²) in [5.74, 6) is 0.304. The van der Waals surface area contributed by atoms with Crippen molar-refractivity contribution in [3.63, 3.8) is 0 Å². The van der Waals surface area contributed by atoms with E-state index < -0.39 is 6.23 Å². The third-order valence-electron chi connectivity index (χ3n) is 3.18. The van der Waals surface area contributed by atoms with Crippen LogP contribution in [0.1, 0.15) is 18.4 Å². The van der Waals surface area contributed by atoms with Crippen molar-refractivity contribution in [3.8, 4) is 0 Å². The Morgan fingerprint density at radius 1 is 1.28 bits per heavy atom. The van der Waals surface area contributed by atoms with Crippen molar-refractivity contribution in [1.29, 1.82) is 0 Å². The molecule has 1 aromatic carbocycles. The zero-order valence-electron chi connectivity index (χ0n) is 9.64. The van der Waals surface area contributed by atoms with E-state index in [0.717, 1.165) is 12.0 Å². The predicted octanol–water partition coefficient (Wildman–Crippen LogP) is 0.504. The Hall–Kier alpha value is -1.66. The molecule has 2 aliphatic heterocycles. The second kappa shape index (κ2) is 4.55. The molecule has 0 aliphatic carbocycles. The topological polar surface area (TPSA) is 65.9 Å². The van der Waals surface area contributed by atoms with Crippen LogP contribution in [-0.2, 0) is 4.84 Å². The van der Waals surface area contributed by atoms with E-state index in [1.807, 2.05) is 0 Å². The first-order valence-electron chi connectivity index (χ1n) is 5.93. The van der Waals surface area contributed by atoms with Gasteiger partial charge >= 0.3 is 0 Å². The Balaban J connectivity index is 1.65. The summed E-state index contributed by atoms with van der Waals surface area (Å²) in [4.78, 5) is 5.29. The number of halogens is 1. The maximum absolute atomic E-state index is 12.8. The summed E-state index contributed by atoms with van der Waals surface area (Å²) < 4.78 is 12.8. The zero-order chi connectivity index (χ0) is 12.5. The van der Waals surface area contributed by atoms with Crippen molar-refractivity contribution in [3.05, 3.63) is 35.6 Å². The number of aliphatic hydroxyl groups excluding tert-OH is 1. The van der Waals surface area contributed by atoms with Gasteiger partial charge in [0.1, 0.15) is 12.0 Å². The lowest BCUT2D eigenvalue weighted by molar-refractivity contribution is 0.0390. The first kappa shape index (κ1) is 11.4. The minimum atomic E-state index is -0.477. The average Bonchev–Trinajstić information content (AvgIpc) is 2.98. The Morgan fingerprint density at radius 2 is 2.06 bits per heavy atom. The van der Waals surface area contributed by atoms with Gasteiger partial charge in [-0.3, -0.25) is 5.32 Å². The van der Waals surface area contributed by atoms with Crippen LogP contribution >= 0.6 is 0 Å². The van der Waals surface area contributed by atoms with Crippen LogP contribution in [-0.4, -0.2) is 29.4 Å². The molecule has 2 aliphatic rings. The molecule has 3 N–H and O–H groups in total. The summed E-state index contributed by atoms with van der Waals surface area (Å²) >= 11 is 0. The lowest BCUT2D eigenvalue weighted by Crippen LogP contribution is -2.46. The van der Waals surface area contributed by atoms with Crippen LogP contribution in [0.4, 0.5) is 4.39 Å². The molecule has 3 atom stereocenters. The quantitative estimate of drug-likeness (QED) is 0.716. The van der Waals surface area contributed by atoms with Gasteiger partial charge < -0.3 is 15.3 Å². The fourth-order valence-corrected chi connectivity index (χ4v) is 2.20. The molecular formula is C12H14FN3O2. The minimum Gasteiger partial charge on any atom is -0.379 e. The van der Waals surface area contributed by atoms with Crippen LogP contribution < -0.4 is 10.6 Å². The van der Waals surface area contributed by atoms with Gasteiger partial charge in [-0.25, -0.2) is 4.39 Å². The number of hydrogen-bond acceptors (Lipinski definition) is 5. The van der Waals surface area contributed by atoms with E-state index in [9.17, 15) is 9.50 Å². The van der Waals surface area contributed by atoms with Crippen LogP contribution in [0, 0.1) is 5.82 Å². The molecule has 6 heteroatoms. The molecule has 0 saturated carbocycles. The van der Waals surface area contributed by atoms with E-state index in [0.29, 0.717) is 12.3 Å². The number of nitrogens with zero attached hydrogens (tertiary/aromatic N) is 1. The molecule has 5 nitrogen and oxygen atoms in total. The zero-order valence-corrected chi connectivity index (χ0v) is 9.64. The maximum atomic E-state index is 12.8. The molecule has 18 heavy (non-hydrogen) atoms. The summed E-state index contributed by atoms with van der Waals surface area (Å²) in [7, 11) is 0. The van der Waals surface area contributed by atoms with E-state index in [1.165, 1.54) is 12.1 Å². The van der Waals surface area contributed by atoms with E-state index in [4.69, 9.17) is 4.84 Å². The molecule has 3 rings (SSSR count). The predicted molar refractivity (Wildman–Crippen MR) is 63.1 cm³/mol. The summed E-state index contributed by atoms with van der Waals surface area (Å²) in [6, 6.07) is 6.07. The number of amidine groups is 1. The van der Waals surface area contributed by atoms with Gasteiger partial charge in [0.05, 0.1) is 6.04 Å². The van der Waals surface area contributed by atoms with Crippen LogP contribution in [0.2, 0.25) is 0 Å². The number of nitrogens with one attached hydrogen (secondary N) is 2. The van der Waals surface area contributed by atoms with Crippen LogP contribution in [0.25, 0.3) is 0 Å². The Labute approximate surface area is 104 Å². The number of oxime groups is 1. The van der Waals surface area contributed by atoms with E-state index >= 15 is 0 Å². The molecule has 0 bridgehead atoms. The Kier molecular flexibility index (Phi) is 2.89.